The highest BCUT2D eigenvalue weighted by Crippen LogP contribution is 2.45. The Balaban J connectivity index is 2.67. The van der Waals surface area contributed by atoms with E-state index in [9.17, 15) is 10.2 Å². The highest BCUT2D eigenvalue weighted by Gasteiger charge is 2.33. The molecule has 2 unspecified atom stereocenters. The number of phenols is 1. The van der Waals surface area contributed by atoms with Crippen LogP contribution in [0.2, 0.25) is 0 Å². The first-order chi connectivity index (χ1) is 11.3. The Morgan fingerprint density at radius 2 is 1.62 bits per heavy atom. The van der Waals surface area contributed by atoms with E-state index in [1.165, 1.54) is 16.7 Å². The Morgan fingerprint density at radius 3 is 2.21 bits per heavy atom. The van der Waals surface area contributed by atoms with Gasteiger partial charge in [-0.1, -0.05) is 44.4 Å². The van der Waals surface area contributed by atoms with Crippen molar-refractivity contribution >= 4 is 0 Å². The lowest BCUT2D eigenvalue weighted by Crippen LogP contribution is -2.26. The fraction of sp³-hybridized carbons (Fsp3) is 0.545. The van der Waals surface area contributed by atoms with E-state index >= 15 is 0 Å². The zero-order valence-electron chi connectivity index (χ0n) is 16.0. The van der Waals surface area contributed by atoms with Gasteiger partial charge in [0.1, 0.15) is 5.75 Å². The van der Waals surface area contributed by atoms with E-state index < -0.39 is 6.10 Å². The predicted octanol–water partition coefficient (Wildman–Crippen LogP) is 5.48. The summed E-state index contributed by atoms with van der Waals surface area (Å²) >= 11 is 0. The molecule has 0 fully saturated rings. The molecule has 1 aliphatic carbocycles. The third-order valence-electron chi connectivity index (χ3n) is 5.41. The fourth-order valence-corrected chi connectivity index (χ4v) is 4.00. The van der Waals surface area contributed by atoms with Crippen LogP contribution < -0.4 is 0 Å². The van der Waals surface area contributed by atoms with Crippen LogP contribution in [0.15, 0.2) is 28.9 Å². The summed E-state index contributed by atoms with van der Waals surface area (Å²) in [6.07, 6.45) is 5.74. The van der Waals surface area contributed by atoms with Gasteiger partial charge in [-0.3, -0.25) is 0 Å². The average molecular weight is 328 g/mol. The van der Waals surface area contributed by atoms with Gasteiger partial charge in [0.15, 0.2) is 0 Å². The van der Waals surface area contributed by atoms with Gasteiger partial charge in [-0.2, -0.15) is 0 Å². The molecule has 0 saturated heterocycles. The van der Waals surface area contributed by atoms with Crippen molar-refractivity contribution < 1.29 is 10.2 Å². The second-order valence-electron chi connectivity index (χ2n) is 7.26. The summed E-state index contributed by atoms with van der Waals surface area (Å²) in [4.78, 5) is 0. The fourth-order valence-electron chi connectivity index (χ4n) is 4.00. The molecule has 0 radical (unpaired) electrons. The lowest BCUT2D eigenvalue weighted by Gasteiger charge is -2.33. The van der Waals surface area contributed by atoms with Gasteiger partial charge in [-0.05, 0) is 68.4 Å². The Bertz CT molecular complexity index is 680. The molecular formula is C22H32O2. The number of hydrogen-bond acceptors (Lipinski definition) is 2. The molecule has 0 spiro atoms. The van der Waals surface area contributed by atoms with E-state index in [-0.39, 0.29) is 5.92 Å². The minimum Gasteiger partial charge on any atom is -0.507 e. The summed E-state index contributed by atoms with van der Waals surface area (Å²) in [7, 11) is 0. The molecule has 0 bridgehead atoms. The number of aliphatic hydroxyl groups is 1. The molecule has 132 valence electrons. The lowest BCUT2D eigenvalue weighted by molar-refractivity contribution is 0.186. The van der Waals surface area contributed by atoms with Gasteiger partial charge in [0, 0.05) is 11.5 Å². The van der Waals surface area contributed by atoms with Gasteiger partial charge in [0.05, 0.1) is 6.10 Å². The number of aromatic hydroxyl groups is 1. The third-order valence-corrected chi connectivity index (χ3v) is 5.41. The van der Waals surface area contributed by atoms with Crippen molar-refractivity contribution in [3.8, 4) is 5.75 Å². The molecule has 0 heterocycles. The van der Waals surface area contributed by atoms with E-state index in [1.54, 1.807) is 0 Å². The SMILES string of the molecule is CCCC1=C(C)C(c2c(C)c(CCC)cc(C)c2O)C(O)C(C)=C1. The van der Waals surface area contributed by atoms with Crippen molar-refractivity contribution in [3.63, 3.8) is 0 Å². The topological polar surface area (TPSA) is 40.5 Å². The van der Waals surface area contributed by atoms with Crippen LogP contribution in [0.3, 0.4) is 0 Å². The van der Waals surface area contributed by atoms with E-state index in [1.807, 2.05) is 13.8 Å². The second-order valence-corrected chi connectivity index (χ2v) is 7.26. The van der Waals surface area contributed by atoms with E-state index in [4.69, 9.17) is 0 Å². The number of hydrogen-bond donors (Lipinski definition) is 2. The number of rotatable bonds is 5. The Hall–Kier alpha value is -1.54. The maximum atomic E-state index is 10.9. The Morgan fingerprint density at radius 1 is 1.00 bits per heavy atom. The minimum atomic E-state index is -0.563. The number of aryl methyl sites for hydroxylation is 2. The summed E-state index contributed by atoms with van der Waals surface area (Å²) in [5.41, 5.74) is 7.74. The molecule has 0 aliphatic heterocycles. The van der Waals surface area contributed by atoms with Crippen molar-refractivity contribution in [2.45, 2.75) is 79.2 Å². The maximum Gasteiger partial charge on any atom is 0.122 e. The highest BCUT2D eigenvalue weighted by molar-refractivity contribution is 5.56. The number of aliphatic hydroxyl groups excluding tert-OH is 1. The molecule has 1 aromatic rings. The van der Waals surface area contributed by atoms with Crippen LogP contribution in [0.1, 0.15) is 75.1 Å². The van der Waals surface area contributed by atoms with Gasteiger partial charge >= 0.3 is 0 Å². The number of benzene rings is 1. The molecule has 0 aromatic heterocycles. The van der Waals surface area contributed by atoms with Gasteiger partial charge in [-0.25, -0.2) is 0 Å². The van der Waals surface area contributed by atoms with Crippen LogP contribution >= 0.6 is 0 Å². The smallest absolute Gasteiger partial charge is 0.122 e. The normalized spacial score (nSPS) is 21.2. The Labute approximate surface area is 146 Å². The van der Waals surface area contributed by atoms with Crippen LogP contribution in [-0.2, 0) is 6.42 Å². The number of allylic oxidation sites excluding steroid dienone is 2. The lowest BCUT2D eigenvalue weighted by atomic mass is 9.74. The zero-order valence-corrected chi connectivity index (χ0v) is 16.0. The van der Waals surface area contributed by atoms with Crippen molar-refractivity contribution in [2.24, 2.45) is 0 Å². The van der Waals surface area contributed by atoms with Crippen LogP contribution in [0.4, 0.5) is 0 Å². The van der Waals surface area contributed by atoms with Crippen molar-refractivity contribution in [2.75, 3.05) is 0 Å². The molecule has 2 N–H and O–H groups in total. The summed E-state index contributed by atoms with van der Waals surface area (Å²) in [6.45, 7) is 12.5. The van der Waals surface area contributed by atoms with Gasteiger partial charge < -0.3 is 10.2 Å². The van der Waals surface area contributed by atoms with Crippen LogP contribution in [-0.4, -0.2) is 16.3 Å². The van der Waals surface area contributed by atoms with Crippen molar-refractivity contribution in [1.29, 1.82) is 0 Å². The molecule has 0 saturated carbocycles. The second kappa shape index (κ2) is 7.57. The first-order valence-corrected chi connectivity index (χ1v) is 9.21. The monoisotopic (exact) mass is 328 g/mol. The van der Waals surface area contributed by atoms with Crippen LogP contribution in [0.25, 0.3) is 0 Å². The third kappa shape index (κ3) is 3.30. The molecule has 2 rings (SSSR count). The van der Waals surface area contributed by atoms with E-state index in [0.29, 0.717) is 5.75 Å². The van der Waals surface area contributed by atoms with E-state index in [2.05, 4.69) is 39.8 Å². The average Bonchev–Trinajstić information content (AvgIpc) is 2.53. The maximum absolute atomic E-state index is 10.9. The van der Waals surface area contributed by atoms with Crippen molar-refractivity contribution in [1.82, 2.24) is 0 Å². The van der Waals surface area contributed by atoms with Gasteiger partial charge in [0.2, 0.25) is 0 Å². The molecule has 1 aliphatic rings. The van der Waals surface area contributed by atoms with E-state index in [0.717, 1.165) is 47.9 Å². The van der Waals surface area contributed by atoms with Crippen molar-refractivity contribution in [3.05, 3.63) is 51.1 Å². The van der Waals surface area contributed by atoms with Gasteiger partial charge in [-0.15, -0.1) is 0 Å². The number of phenolic OH excluding ortho intramolecular Hbond substituents is 1. The molecular weight excluding hydrogens is 296 g/mol. The quantitative estimate of drug-likeness (QED) is 0.751. The standard InChI is InChI=1S/C22H32O2/c1-7-9-17-11-13(3)21(23)19(15(17)5)20-16(6)18(10-8-2)12-14(4)22(20)24/h11-12,19,21,23-24H,7-10H2,1-6H3. The molecule has 1 aromatic carbocycles. The largest absolute Gasteiger partial charge is 0.507 e. The summed E-state index contributed by atoms with van der Waals surface area (Å²) in [6, 6.07) is 2.10. The van der Waals surface area contributed by atoms with Crippen LogP contribution in [0.5, 0.6) is 5.75 Å². The highest BCUT2D eigenvalue weighted by atomic mass is 16.3. The first kappa shape index (κ1) is 18.8. The summed E-state index contributed by atoms with van der Waals surface area (Å²) in [5.74, 6) is 0.202. The molecule has 0 amide bonds. The predicted molar refractivity (Wildman–Crippen MR) is 102 cm³/mol. The molecule has 2 heteroatoms. The first-order valence-electron chi connectivity index (χ1n) is 9.21. The summed E-state index contributed by atoms with van der Waals surface area (Å²) < 4.78 is 0. The van der Waals surface area contributed by atoms with Gasteiger partial charge in [0.25, 0.3) is 0 Å². The molecule has 2 atom stereocenters. The minimum absolute atomic E-state index is 0.146. The van der Waals surface area contributed by atoms with Crippen LogP contribution in [0, 0.1) is 13.8 Å². The Kier molecular flexibility index (Phi) is 5.92. The summed E-state index contributed by atoms with van der Waals surface area (Å²) in [5, 5.41) is 21.7. The zero-order chi connectivity index (χ0) is 18.0. The molecule has 2 nitrogen and oxygen atoms in total. The molecule has 24 heavy (non-hydrogen) atoms.